The van der Waals surface area contributed by atoms with Crippen LogP contribution in [-0.4, -0.2) is 16.8 Å². The molecule has 2 aromatic carbocycles. The number of hydrogen-bond donors (Lipinski definition) is 1. The largest absolute Gasteiger partial charge is 0.375 e. The van der Waals surface area contributed by atoms with Crippen molar-refractivity contribution in [1.82, 2.24) is 0 Å². The van der Waals surface area contributed by atoms with E-state index in [0.29, 0.717) is 22.7 Å². The molecule has 0 unspecified atom stereocenters. The summed E-state index contributed by atoms with van der Waals surface area (Å²) in [5, 5.41) is 13.3. The van der Waals surface area contributed by atoms with Gasteiger partial charge in [-0.3, -0.25) is 9.59 Å². The van der Waals surface area contributed by atoms with E-state index in [9.17, 15) is 14.7 Å². The quantitative estimate of drug-likeness (QED) is 0.526. The summed E-state index contributed by atoms with van der Waals surface area (Å²) in [6.07, 6.45) is -0.279. The number of fused-ring (bicyclic) bond motifs is 1. The molecule has 4 nitrogen and oxygen atoms in total. The number of anilines is 1. The van der Waals surface area contributed by atoms with E-state index in [-0.39, 0.29) is 12.2 Å². The lowest BCUT2D eigenvalue weighted by Gasteiger charge is -2.23. The molecule has 1 aliphatic rings. The number of carbonyl (C=O) groups is 2. The third kappa shape index (κ3) is 3.56. The average molecular weight is 470 g/mol. The van der Waals surface area contributed by atoms with E-state index < -0.39 is 11.5 Å². The molecule has 1 atom stereocenters. The van der Waals surface area contributed by atoms with Gasteiger partial charge in [0, 0.05) is 10.0 Å². The second-order valence-electron chi connectivity index (χ2n) is 7.42. The van der Waals surface area contributed by atoms with Crippen LogP contribution in [0.3, 0.4) is 0 Å². The average Bonchev–Trinajstić information content (AvgIpc) is 3.28. The Bertz CT molecular complexity index is 1110. The molecule has 1 N–H and O–H groups in total. The molecule has 3 aromatic rings. The molecule has 1 amide bonds. The van der Waals surface area contributed by atoms with Gasteiger partial charge < -0.3 is 10.0 Å². The maximum absolute atomic E-state index is 13.4. The zero-order chi connectivity index (χ0) is 20.8. The number of benzene rings is 2. The zero-order valence-electron chi connectivity index (χ0n) is 16.1. The highest BCUT2D eigenvalue weighted by atomic mass is 79.9. The zero-order valence-corrected chi connectivity index (χ0v) is 18.5. The Balaban J connectivity index is 1.75. The van der Waals surface area contributed by atoms with E-state index in [4.69, 9.17) is 0 Å². The van der Waals surface area contributed by atoms with Crippen LogP contribution in [0.2, 0.25) is 0 Å². The highest BCUT2D eigenvalue weighted by Gasteiger charge is 2.51. The lowest BCUT2D eigenvalue weighted by Crippen LogP contribution is -2.41. The minimum Gasteiger partial charge on any atom is -0.375 e. The smallest absolute Gasteiger partial charge is 0.264 e. The lowest BCUT2D eigenvalue weighted by atomic mass is 9.89. The predicted molar refractivity (Wildman–Crippen MR) is 118 cm³/mol. The summed E-state index contributed by atoms with van der Waals surface area (Å²) in [5.41, 5.74) is 2.43. The van der Waals surface area contributed by atoms with Crippen molar-refractivity contribution < 1.29 is 14.7 Å². The van der Waals surface area contributed by atoms with Crippen molar-refractivity contribution in [3.63, 3.8) is 0 Å². The Labute approximate surface area is 181 Å². The molecule has 2 heterocycles. The number of hydrogen-bond acceptors (Lipinski definition) is 4. The summed E-state index contributed by atoms with van der Waals surface area (Å²) in [6.45, 7) is 4.36. The number of halogens is 1. The van der Waals surface area contributed by atoms with E-state index in [2.05, 4.69) is 22.0 Å². The van der Waals surface area contributed by atoms with Crippen LogP contribution in [0.4, 0.5) is 5.69 Å². The lowest BCUT2D eigenvalue weighted by molar-refractivity contribution is -0.136. The number of Topliss-reactive ketones (excluding diaryl/α,β-unsaturated/α-hetero) is 1. The molecule has 0 fully saturated rings. The van der Waals surface area contributed by atoms with E-state index >= 15 is 0 Å². The number of ketones is 1. The minimum absolute atomic E-state index is 0.240. The molecule has 1 aliphatic heterocycles. The van der Waals surface area contributed by atoms with Crippen LogP contribution in [0.25, 0.3) is 0 Å². The van der Waals surface area contributed by atoms with Gasteiger partial charge in [-0.1, -0.05) is 45.8 Å². The summed E-state index contributed by atoms with van der Waals surface area (Å²) in [6, 6.07) is 15.0. The maximum atomic E-state index is 13.4. The van der Waals surface area contributed by atoms with Crippen LogP contribution < -0.4 is 4.90 Å². The molecule has 0 radical (unpaired) electrons. The van der Waals surface area contributed by atoms with E-state index in [1.54, 1.807) is 23.1 Å². The molecule has 4 rings (SSSR count). The van der Waals surface area contributed by atoms with Crippen LogP contribution in [0, 0.1) is 13.8 Å². The number of carbonyl (C=O) groups excluding carboxylic acids is 2. The van der Waals surface area contributed by atoms with Gasteiger partial charge in [0.2, 0.25) is 0 Å². The van der Waals surface area contributed by atoms with Gasteiger partial charge in [-0.2, -0.15) is 0 Å². The number of amides is 1. The first-order valence-corrected chi connectivity index (χ1v) is 10.9. The van der Waals surface area contributed by atoms with Crippen LogP contribution in [0.5, 0.6) is 0 Å². The summed E-state index contributed by atoms with van der Waals surface area (Å²) < 4.78 is 0.750. The summed E-state index contributed by atoms with van der Waals surface area (Å²) in [7, 11) is 0. The van der Waals surface area contributed by atoms with Crippen LogP contribution in [0.1, 0.15) is 38.3 Å². The van der Waals surface area contributed by atoms with Gasteiger partial charge in [0.1, 0.15) is 0 Å². The molecular weight excluding hydrogens is 450 g/mol. The topological polar surface area (TPSA) is 57.6 Å². The third-order valence-electron chi connectivity index (χ3n) is 5.34. The van der Waals surface area contributed by atoms with Crippen molar-refractivity contribution in [3.05, 3.63) is 85.5 Å². The molecule has 0 aliphatic carbocycles. The van der Waals surface area contributed by atoms with Crippen molar-refractivity contribution in [2.45, 2.75) is 32.4 Å². The van der Waals surface area contributed by atoms with Gasteiger partial charge in [0.15, 0.2) is 11.4 Å². The molecule has 1 aromatic heterocycles. The summed E-state index contributed by atoms with van der Waals surface area (Å²) >= 11 is 4.74. The van der Waals surface area contributed by atoms with Gasteiger partial charge >= 0.3 is 0 Å². The molecule has 6 heteroatoms. The van der Waals surface area contributed by atoms with Gasteiger partial charge in [-0.15, -0.1) is 11.3 Å². The Morgan fingerprint density at radius 3 is 2.69 bits per heavy atom. The number of aryl methyl sites for hydroxylation is 2. The van der Waals surface area contributed by atoms with Crippen molar-refractivity contribution >= 4 is 44.6 Å². The van der Waals surface area contributed by atoms with E-state index in [0.717, 1.165) is 21.2 Å². The Kier molecular flexibility index (Phi) is 5.19. The van der Waals surface area contributed by atoms with Crippen molar-refractivity contribution in [3.8, 4) is 0 Å². The van der Waals surface area contributed by atoms with Crippen LogP contribution in [0.15, 0.2) is 58.4 Å². The Morgan fingerprint density at radius 2 is 1.97 bits per heavy atom. The highest BCUT2D eigenvalue weighted by Crippen LogP contribution is 2.45. The van der Waals surface area contributed by atoms with E-state index in [1.807, 2.05) is 43.5 Å². The Morgan fingerprint density at radius 1 is 1.17 bits per heavy atom. The fourth-order valence-electron chi connectivity index (χ4n) is 3.75. The summed E-state index contributed by atoms with van der Waals surface area (Å²) in [5.74, 6) is -0.702. The molecule has 29 heavy (non-hydrogen) atoms. The van der Waals surface area contributed by atoms with Crippen molar-refractivity contribution in [1.29, 1.82) is 0 Å². The van der Waals surface area contributed by atoms with Crippen LogP contribution >= 0.6 is 27.3 Å². The third-order valence-corrected chi connectivity index (χ3v) is 6.74. The number of aliphatic hydroxyl groups is 1. The number of thiophene rings is 1. The van der Waals surface area contributed by atoms with E-state index in [1.165, 1.54) is 11.3 Å². The normalized spacial score (nSPS) is 18.2. The van der Waals surface area contributed by atoms with Crippen molar-refractivity contribution in [2.75, 3.05) is 4.90 Å². The minimum atomic E-state index is -1.88. The standard InChI is InChI=1S/C23H20BrNO3S/c1-14-5-6-15(2)16(10-14)13-25-19-8-7-17(24)11-18(19)23(28,22(25)27)12-20(26)21-4-3-9-29-21/h3-11,28H,12-13H2,1-2H3/t23-/m0/s1. The van der Waals surface area contributed by atoms with Gasteiger partial charge in [-0.25, -0.2) is 0 Å². The maximum Gasteiger partial charge on any atom is 0.264 e. The number of nitrogens with zero attached hydrogens (tertiary/aromatic N) is 1. The van der Waals surface area contributed by atoms with Gasteiger partial charge in [0.25, 0.3) is 5.91 Å². The Hall–Kier alpha value is -2.28. The molecule has 0 saturated carbocycles. The monoisotopic (exact) mass is 469 g/mol. The van der Waals surface area contributed by atoms with Crippen LogP contribution in [-0.2, 0) is 16.9 Å². The predicted octanol–water partition coefficient (Wildman–Crippen LogP) is 5.13. The molecular formula is C23H20BrNO3S. The molecule has 0 saturated heterocycles. The second-order valence-corrected chi connectivity index (χ2v) is 9.28. The fraction of sp³-hybridized carbons (Fsp3) is 0.217. The summed E-state index contributed by atoms with van der Waals surface area (Å²) in [4.78, 5) is 28.3. The molecule has 148 valence electrons. The first-order chi connectivity index (χ1) is 13.8. The molecule has 0 bridgehead atoms. The fourth-order valence-corrected chi connectivity index (χ4v) is 4.77. The first kappa shape index (κ1) is 20.0. The van der Waals surface area contributed by atoms with Crippen molar-refractivity contribution in [2.24, 2.45) is 0 Å². The second kappa shape index (κ2) is 7.52. The van der Waals surface area contributed by atoms with Gasteiger partial charge in [0.05, 0.1) is 23.5 Å². The highest BCUT2D eigenvalue weighted by molar-refractivity contribution is 9.10. The van der Waals surface area contributed by atoms with Gasteiger partial charge in [-0.05, 0) is 54.6 Å². The number of rotatable bonds is 5. The first-order valence-electron chi connectivity index (χ1n) is 9.27. The molecule has 0 spiro atoms. The SMILES string of the molecule is Cc1ccc(C)c(CN2C(=O)[C@](O)(CC(=O)c3cccs3)c3cc(Br)ccc32)c1.